The monoisotopic (exact) mass is 352 g/mol. The van der Waals surface area contributed by atoms with Crippen LogP contribution in [0.2, 0.25) is 0 Å². The maximum Gasteiger partial charge on any atom is 0.243 e. The molecule has 4 rings (SSSR count). The lowest BCUT2D eigenvalue weighted by molar-refractivity contribution is -0.135. The summed E-state index contributed by atoms with van der Waals surface area (Å²) in [4.78, 5) is 24.8. The fourth-order valence-electron chi connectivity index (χ4n) is 2.76. The van der Waals surface area contributed by atoms with E-state index >= 15 is 0 Å². The van der Waals surface area contributed by atoms with Crippen LogP contribution >= 0.6 is 0 Å². The zero-order valence-electron chi connectivity index (χ0n) is 13.7. The minimum atomic E-state index is -1.08. The summed E-state index contributed by atoms with van der Waals surface area (Å²) in [6.07, 6.45) is 0.138. The molecule has 1 atom stereocenters. The third-order valence-electron chi connectivity index (χ3n) is 4.01. The van der Waals surface area contributed by atoms with Crippen molar-refractivity contribution in [2.45, 2.75) is 13.2 Å². The number of hydrazone groups is 1. The summed E-state index contributed by atoms with van der Waals surface area (Å²) >= 11 is 0. The lowest BCUT2D eigenvalue weighted by Crippen LogP contribution is -2.29. The Morgan fingerprint density at radius 3 is 2.69 bits per heavy atom. The Bertz CT molecular complexity index is 1090. The van der Waals surface area contributed by atoms with Gasteiger partial charge in [0.1, 0.15) is 17.7 Å². The summed E-state index contributed by atoms with van der Waals surface area (Å²) in [5.74, 6) is -0.747. The molecule has 1 aliphatic rings. The summed E-state index contributed by atoms with van der Waals surface area (Å²) in [7, 11) is 0. The van der Waals surface area contributed by atoms with E-state index in [0.29, 0.717) is 5.56 Å². The van der Waals surface area contributed by atoms with Crippen LogP contribution in [-0.4, -0.2) is 16.8 Å². The molecular weight excluding hydrogens is 339 g/mol. The zero-order chi connectivity index (χ0) is 18.3. The third-order valence-corrected chi connectivity index (χ3v) is 4.01. The van der Waals surface area contributed by atoms with Gasteiger partial charge in [-0.2, -0.15) is 5.01 Å². The summed E-state index contributed by atoms with van der Waals surface area (Å²) in [5, 5.41) is 5.32. The van der Waals surface area contributed by atoms with Gasteiger partial charge in [0, 0.05) is 12.5 Å². The van der Waals surface area contributed by atoms with Gasteiger partial charge in [-0.15, -0.1) is 5.10 Å². The average molecular weight is 352 g/mol. The van der Waals surface area contributed by atoms with Crippen LogP contribution in [0.5, 0.6) is 0 Å². The van der Waals surface area contributed by atoms with Crippen molar-refractivity contribution >= 4 is 22.8 Å². The number of hydrogen-bond donors (Lipinski definition) is 0. The van der Waals surface area contributed by atoms with Crippen LogP contribution in [0.3, 0.4) is 0 Å². The molecule has 1 amide bonds. The molecule has 0 bridgehead atoms. The van der Waals surface area contributed by atoms with Crippen LogP contribution in [0.25, 0.3) is 11.0 Å². The van der Waals surface area contributed by atoms with Gasteiger partial charge in [-0.25, -0.2) is 4.39 Å². The smallest absolute Gasteiger partial charge is 0.243 e. The second kappa shape index (κ2) is 6.11. The largest absolute Gasteiger partial charge is 0.464 e. The van der Waals surface area contributed by atoms with E-state index in [4.69, 9.17) is 9.15 Å². The van der Waals surface area contributed by atoms with E-state index in [0.717, 1.165) is 11.1 Å². The van der Waals surface area contributed by atoms with Crippen LogP contribution in [0, 0.1) is 5.82 Å². The first-order valence-electron chi connectivity index (χ1n) is 7.86. The van der Waals surface area contributed by atoms with E-state index < -0.39 is 23.4 Å². The highest BCUT2D eigenvalue weighted by Gasteiger charge is 2.35. The molecule has 1 aliphatic heterocycles. The van der Waals surface area contributed by atoms with Gasteiger partial charge in [-0.05, 0) is 30.3 Å². The maximum absolute atomic E-state index is 13.5. The molecule has 26 heavy (non-hydrogen) atoms. The van der Waals surface area contributed by atoms with Crippen molar-refractivity contribution in [1.82, 2.24) is 5.01 Å². The standard InChI is InChI=1S/C19H13FN2O4/c1-11(23)22-19(26-18(21-22)12-5-3-2-4-6-12)15-10-25-16-8-7-13(20)9-14(16)17(15)24/h2-10,19H,1H3. The fourth-order valence-corrected chi connectivity index (χ4v) is 2.76. The first kappa shape index (κ1) is 16.0. The van der Waals surface area contributed by atoms with E-state index in [1.54, 1.807) is 24.3 Å². The van der Waals surface area contributed by atoms with Gasteiger partial charge >= 0.3 is 0 Å². The number of halogens is 1. The molecule has 2 aromatic carbocycles. The van der Waals surface area contributed by atoms with Gasteiger partial charge in [0.2, 0.25) is 23.5 Å². The number of amides is 1. The number of rotatable bonds is 2. The molecule has 0 aliphatic carbocycles. The van der Waals surface area contributed by atoms with Crippen LogP contribution < -0.4 is 5.43 Å². The predicted octanol–water partition coefficient (Wildman–Crippen LogP) is 3.17. The molecule has 7 heteroatoms. The molecule has 0 spiro atoms. The molecule has 0 N–H and O–H groups in total. The molecule has 3 aromatic rings. The fraction of sp³-hybridized carbons (Fsp3) is 0.105. The molecule has 0 fully saturated rings. The topological polar surface area (TPSA) is 72.1 Å². The van der Waals surface area contributed by atoms with Crippen molar-refractivity contribution in [3.05, 3.63) is 82.0 Å². The van der Waals surface area contributed by atoms with Crippen molar-refractivity contribution in [2.24, 2.45) is 5.10 Å². The number of benzene rings is 2. The Labute approximate surface area is 147 Å². The number of ether oxygens (including phenoxy) is 1. The summed E-state index contributed by atoms with van der Waals surface area (Å²) in [5.41, 5.74) is 0.494. The molecule has 2 heterocycles. The van der Waals surface area contributed by atoms with Gasteiger partial charge in [0.15, 0.2) is 0 Å². The Balaban J connectivity index is 1.80. The lowest BCUT2D eigenvalue weighted by atomic mass is 10.1. The van der Waals surface area contributed by atoms with E-state index in [-0.39, 0.29) is 22.4 Å². The first-order valence-corrected chi connectivity index (χ1v) is 7.86. The Hall–Kier alpha value is -3.48. The Morgan fingerprint density at radius 1 is 1.19 bits per heavy atom. The van der Waals surface area contributed by atoms with Gasteiger partial charge in [-0.1, -0.05) is 18.2 Å². The Morgan fingerprint density at radius 2 is 1.96 bits per heavy atom. The van der Waals surface area contributed by atoms with Crippen molar-refractivity contribution < 1.29 is 18.3 Å². The molecule has 0 saturated heterocycles. The number of carbonyl (C=O) groups excluding carboxylic acids is 1. The average Bonchev–Trinajstić information content (AvgIpc) is 3.09. The first-order chi connectivity index (χ1) is 12.5. The van der Waals surface area contributed by atoms with Crippen molar-refractivity contribution in [1.29, 1.82) is 0 Å². The number of fused-ring (bicyclic) bond motifs is 1. The van der Waals surface area contributed by atoms with Gasteiger partial charge < -0.3 is 9.15 Å². The van der Waals surface area contributed by atoms with E-state index in [9.17, 15) is 14.0 Å². The lowest BCUT2D eigenvalue weighted by Gasteiger charge is -2.18. The molecule has 1 aromatic heterocycles. The predicted molar refractivity (Wildman–Crippen MR) is 91.8 cm³/mol. The third kappa shape index (κ3) is 2.63. The molecular formula is C19H13FN2O4. The normalized spacial score (nSPS) is 16.5. The number of carbonyl (C=O) groups is 1. The number of nitrogens with zero attached hydrogens (tertiary/aromatic N) is 2. The molecule has 130 valence electrons. The molecule has 1 unspecified atom stereocenters. The van der Waals surface area contributed by atoms with Crippen LogP contribution in [0.15, 0.2) is 69.1 Å². The van der Waals surface area contributed by atoms with Crippen LogP contribution in [-0.2, 0) is 9.53 Å². The van der Waals surface area contributed by atoms with Gasteiger partial charge in [0.25, 0.3) is 0 Å². The van der Waals surface area contributed by atoms with Crippen molar-refractivity contribution in [3.8, 4) is 0 Å². The second-order valence-corrected chi connectivity index (χ2v) is 5.77. The molecule has 0 radical (unpaired) electrons. The van der Waals surface area contributed by atoms with Gasteiger partial charge in [-0.3, -0.25) is 9.59 Å². The van der Waals surface area contributed by atoms with E-state index in [1.807, 2.05) is 6.07 Å². The highest BCUT2D eigenvalue weighted by atomic mass is 19.1. The SMILES string of the molecule is CC(=O)N1N=C(c2ccccc2)OC1c1coc2ccc(F)cc2c1=O. The summed E-state index contributed by atoms with van der Waals surface area (Å²) in [6.45, 7) is 1.32. The van der Waals surface area contributed by atoms with E-state index in [2.05, 4.69) is 5.10 Å². The maximum atomic E-state index is 13.5. The summed E-state index contributed by atoms with van der Waals surface area (Å²) < 4.78 is 24.7. The summed E-state index contributed by atoms with van der Waals surface area (Å²) in [6, 6.07) is 12.7. The Kier molecular flexibility index (Phi) is 3.76. The second-order valence-electron chi connectivity index (χ2n) is 5.77. The zero-order valence-corrected chi connectivity index (χ0v) is 13.7. The van der Waals surface area contributed by atoms with Crippen molar-refractivity contribution in [3.63, 3.8) is 0 Å². The van der Waals surface area contributed by atoms with Crippen molar-refractivity contribution in [2.75, 3.05) is 0 Å². The highest BCUT2D eigenvalue weighted by molar-refractivity contribution is 5.96. The number of hydrogen-bond acceptors (Lipinski definition) is 5. The highest BCUT2D eigenvalue weighted by Crippen LogP contribution is 2.29. The molecule has 0 saturated carbocycles. The minimum Gasteiger partial charge on any atom is -0.464 e. The van der Waals surface area contributed by atoms with E-state index in [1.165, 1.54) is 25.3 Å². The van der Waals surface area contributed by atoms with Crippen LogP contribution in [0.1, 0.15) is 24.3 Å². The minimum absolute atomic E-state index is 0.0629. The van der Waals surface area contributed by atoms with Crippen LogP contribution in [0.4, 0.5) is 4.39 Å². The van der Waals surface area contributed by atoms with Gasteiger partial charge in [0.05, 0.1) is 10.9 Å². The quantitative estimate of drug-likeness (QED) is 0.710. The molecule has 6 nitrogen and oxygen atoms in total.